The number of nitrogens with zero attached hydrogens (tertiary/aromatic N) is 1. The molecule has 0 radical (unpaired) electrons. The second-order valence-electron chi connectivity index (χ2n) is 4.48. The lowest BCUT2D eigenvalue weighted by molar-refractivity contribution is -0.384. The van der Waals surface area contributed by atoms with Crippen molar-refractivity contribution in [3.8, 4) is 0 Å². The Morgan fingerprint density at radius 3 is 2.57 bits per heavy atom. The summed E-state index contributed by atoms with van der Waals surface area (Å²) in [5.41, 5.74) is 0.781. The fraction of sp³-hybridized carbons (Fsp3) is 0.143. The minimum atomic E-state index is -0.664. The number of benzene rings is 2. The second kappa shape index (κ2) is 6.05. The summed E-state index contributed by atoms with van der Waals surface area (Å²) in [6, 6.07) is 6.38. The smallest absolute Gasteiger partial charge is 0.295 e. The minimum Gasteiger partial charge on any atom is -0.375 e. The zero-order valence-electron chi connectivity index (χ0n) is 11.0. The molecule has 0 saturated heterocycles. The number of anilines is 1. The molecule has 7 heteroatoms. The van der Waals surface area contributed by atoms with E-state index in [1.165, 1.54) is 31.2 Å². The fourth-order valence-electron chi connectivity index (χ4n) is 1.81. The topological polar surface area (TPSA) is 55.2 Å². The first-order chi connectivity index (χ1) is 9.88. The first kappa shape index (κ1) is 15.2. The highest BCUT2D eigenvalue weighted by atomic mass is 35.5. The molecule has 0 heterocycles. The molecule has 0 bridgehead atoms. The maximum absolute atomic E-state index is 13.4. The van der Waals surface area contributed by atoms with E-state index in [0.29, 0.717) is 11.1 Å². The molecule has 0 aliphatic heterocycles. The molecule has 21 heavy (non-hydrogen) atoms. The second-order valence-corrected chi connectivity index (χ2v) is 4.88. The van der Waals surface area contributed by atoms with Crippen LogP contribution < -0.4 is 5.32 Å². The van der Waals surface area contributed by atoms with Gasteiger partial charge in [-0.05, 0) is 36.2 Å². The highest BCUT2D eigenvalue weighted by molar-refractivity contribution is 6.30. The minimum absolute atomic E-state index is 0.0286. The van der Waals surface area contributed by atoms with Crippen molar-refractivity contribution in [1.82, 2.24) is 0 Å². The molecular formula is C14H11ClF2N2O2. The lowest BCUT2D eigenvalue weighted by Gasteiger charge is -2.09. The molecule has 0 aromatic heterocycles. The quantitative estimate of drug-likeness (QED) is 0.670. The fourth-order valence-corrected chi connectivity index (χ4v) is 2.01. The van der Waals surface area contributed by atoms with Crippen molar-refractivity contribution < 1.29 is 13.7 Å². The van der Waals surface area contributed by atoms with Crippen molar-refractivity contribution in [3.63, 3.8) is 0 Å². The maximum Gasteiger partial charge on any atom is 0.295 e. The van der Waals surface area contributed by atoms with Gasteiger partial charge in [0.1, 0.15) is 17.3 Å². The van der Waals surface area contributed by atoms with E-state index in [1.807, 2.05) is 0 Å². The molecular weight excluding hydrogens is 302 g/mol. The Morgan fingerprint density at radius 1 is 1.24 bits per heavy atom. The van der Waals surface area contributed by atoms with E-state index < -0.39 is 16.6 Å². The Morgan fingerprint density at radius 2 is 1.95 bits per heavy atom. The van der Waals surface area contributed by atoms with Crippen molar-refractivity contribution in [1.29, 1.82) is 0 Å². The van der Waals surface area contributed by atoms with Crippen LogP contribution in [0.25, 0.3) is 0 Å². The van der Waals surface area contributed by atoms with Crippen LogP contribution in [0.1, 0.15) is 11.1 Å². The third-order valence-corrected chi connectivity index (χ3v) is 3.23. The van der Waals surface area contributed by atoms with Gasteiger partial charge in [-0.2, -0.15) is 0 Å². The lowest BCUT2D eigenvalue weighted by Crippen LogP contribution is -2.04. The summed E-state index contributed by atoms with van der Waals surface area (Å²) in [5, 5.41) is 13.7. The molecule has 0 aliphatic carbocycles. The number of aryl methyl sites for hydroxylation is 1. The van der Waals surface area contributed by atoms with Gasteiger partial charge in [0.05, 0.1) is 16.0 Å². The molecule has 4 nitrogen and oxygen atoms in total. The molecule has 0 saturated carbocycles. The highest BCUT2D eigenvalue weighted by Gasteiger charge is 2.16. The van der Waals surface area contributed by atoms with Crippen molar-refractivity contribution in [3.05, 3.63) is 68.2 Å². The van der Waals surface area contributed by atoms with Crippen LogP contribution in [0.3, 0.4) is 0 Å². The van der Waals surface area contributed by atoms with E-state index in [0.717, 1.165) is 6.07 Å². The Bertz CT molecular complexity index is 708. The van der Waals surface area contributed by atoms with Crippen LogP contribution >= 0.6 is 11.6 Å². The predicted octanol–water partition coefficient (Wildman–Crippen LogP) is 4.45. The molecule has 110 valence electrons. The summed E-state index contributed by atoms with van der Waals surface area (Å²) in [4.78, 5) is 10.3. The number of nitro groups is 1. The molecule has 0 aliphatic rings. The van der Waals surface area contributed by atoms with Crippen LogP contribution in [0.2, 0.25) is 5.02 Å². The molecule has 0 fully saturated rings. The van der Waals surface area contributed by atoms with Gasteiger partial charge in [0.25, 0.3) is 5.69 Å². The molecule has 0 spiro atoms. The molecule has 2 aromatic rings. The highest BCUT2D eigenvalue weighted by Crippen LogP contribution is 2.28. The Balaban J connectivity index is 2.24. The van der Waals surface area contributed by atoms with E-state index in [9.17, 15) is 18.9 Å². The van der Waals surface area contributed by atoms with Gasteiger partial charge in [0.15, 0.2) is 0 Å². The maximum atomic E-state index is 13.4. The van der Waals surface area contributed by atoms with E-state index >= 15 is 0 Å². The first-order valence-electron chi connectivity index (χ1n) is 6.01. The van der Waals surface area contributed by atoms with Crippen LogP contribution in [-0.2, 0) is 6.54 Å². The number of halogens is 3. The number of rotatable bonds is 4. The summed E-state index contributed by atoms with van der Waals surface area (Å²) >= 11 is 5.66. The van der Waals surface area contributed by atoms with Crippen molar-refractivity contribution >= 4 is 23.0 Å². The molecule has 0 amide bonds. The monoisotopic (exact) mass is 312 g/mol. The van der Waals surface area contributed by atoms with Crippen LogP contribution in [0.15, 0.2) is 30.3 Å². The van der Waals surface area contributed by atoms with E-state index in [1.54, 1.807) is 0 Å². The number of hydrogen-bond donors (Lipinski definition) is 1. The van der Waals surface area contributed by atoms with E-state index in [-0.39, 0.29) is 22.9 Å². The summed E-state index contributed by atoms with van der Waals surface area (Å²) in [6.45, 7) is 1.71. The van der Waals surface area contributed by atoms with Gasteiger partial charge in [-0.25, -0.2) is 8.78 Å². The third-order valence-electron chi connectivity index (χ3n) is 2.94. The average Bonchev–Trinajstić information content (AvgIpc) is 2.43. The molecule has 0 unspecified atom stereocenters. The summed E-state index contributed by atoms with van der Waals surface area (Å²) in [6.07, 6.45) is 0. The zero-order chi connectivity index (χ0) is 15.6. The molecule has 0 atom stereocenters. The SMILES string of the molecule is Cc1cc(NCc2ccc(F)c(Cl)c2)c([N+](=O)[O-])cc1F. The molecule has 2 aromatic carbocycles. The van der Waals surface area contributed by atoms with Gasteiger partial charge in [0, 0.05) is 6.54 Å². The van der Waals surface area contributed by atoms with Crippen LogP contribution in [-0.4, -0.2) is 4.92 Å². The van der Waals surface area contributed by atoms with Crippen molar-refractivity contribution in [2.45, 2.75) is 13.5 Å². The Kier molecular flexibility index (Phi) is 4.37. The molecule has 1 N–H and O–H groups in total. The Labute approximate surface area is 124 Å². The van der Waals surface area contributed by atoms with E-state index in [4.69, 9.17) is 11.6 Å². The lowest BCUT2D eigenvalue weighted by atomic mass is 10.1. The molecule has 2 rings (SSSR count). The first-order valence-corrected chi connectivity index (χ1v) is 6.38. The van der Waals surface area contributed by atoms with Crippen LogP contribution in [0.4, 0.5) is 20.2 Å². The van der Waals surface area contributed by atoms with E-state index in [2.05, 4.69) is 5.32 Å². The van der Waals surface area contributed by atoms with Gasteiger partial charge in [-0.3, -0.25) is 10.1 Å². The normalized spacial score (nSPS) is 10.5. The van der Waals surface area contributed by atoms with Gasteiger partial charge < -0.3 is 5.32 Å². The van der Waals surface area contributed by atoms with Crippen molar-refractivity contribution in [2.24, 2.45) is 0 Å². The predicted molar refractivity (Wildman–Crippen MR) is 76.5 cm³/mol. The van der Waals surface area contributed by atoms with Gasteiger partial charge in [-0.15, -0.1) is 0 Å². The van der Waals surface area contributed by atoms with Crippen LogP contribution in [0.5, 0.6) is 0 Å². The largest absolute Gasteiger partial charge is 0.375 e. The van der Waals surface area contributed by atoms with Gasteiger partial charge >= 0.3 is 0 Å². The number of hydrogen-bond acceptors (Lipinski definition) is 3. The van der Waals surface area contributed by atoms with Crippen molar-refractivity contribution in [2.75, 3.05) is 5.32 Å². The zero-order valence-corrected chi connectivity index (χ0v) is 11.7. The summed E-state index contributed by atoms with van der Waals surface area (Å²) < 4.78 is 26.4. The number of nitrogens with one attached hydrogen (secondary N) is 1. The standard InChI is InChI=1S/C14H11ClF2N2O2/c1-8-4-13(14(19(20)21)6-12(8)17)18-7-9-2-3-11(16)10(15)5-9/h2-6,18H,7H2,1H3. The third kappa shape index (κ3) is 3.46. The summed E-state index contributed by atoms with van der Waals surface area (Å²) in [5.74, 6) is -1.18. The summed E-state index contributed by atoms with van der Waals surface area (Å²) in [7, 11) is 0. The van der Waals surface area contributed by atoms with Gasteiger partial charge in [-0.1, -0.05) is 17.7 Å². The number of nitro benzene ring substituents is 1. The average molecular weight is 313 g/mol. The van der Waals surface area contributed by atoms with Crippen LogP contribution in [0, 0.1) is 28.7 Å². The Hall–Kier alpha value is -2.21. The van der Waals surface area contributed by atoms with Gasteiger partial charge in [0.2, 0.25) is 0 Å².